The van der Waals surface area contributed by atoms with E-state index in [-0.39, 0.29) is 5.91 Å². The van der Waals surface area contributed by atoms with Crippen molar-refractivity contribution in [3.63, 3.8) is 0 Å². The molecule has 6 heteroatoms. The number of carbonyl (C=O) groups is 1. The van der Waals surface area contributed by atoms with Crippen LogP contribution in [0.5, 0.6) is 0 Å². The van der Waals surface area contributed by atoms with Gasteiger partial charge in [0.15, 0.2) is 0 Å². The van der Waals surface area contributed by atoms with E-state index in [1.54, 1.807) is 12.4 Å². The van der Waals surface area contributed by atoms with Crippen molar-refractivity contribution < 1.29 is 4.79 Å². The average molecular weight is 279 g/mol. The highest BCUT2D eigenvalue weighted by Crippen LogP contribution is 2.06. The van der Waals surface area contributed by atoms with Crippen molar-refractivity contribution in [2.45, 2.75) is 19.8 Å². The Morgan fingerprint density at radius 1 is 1.20 bits per heavy atom. The fourth-order valence-electron chi connectivity index (χ4n) is 1.63. The van der Waals surface area contributed by atoms with E-state index in [0.29, 0.717) is 18.1 Å². The third kappa shape index (κ3) is 5.52. The molecule has 0 aliphatic carbocycles. The van der Waals surface area contributed by atoms with Crippen LogP contribution in [0, 0.1) is 0 Å². The molecule has 1 aromatic rings. The number of unbranched alkanes of at least 4 members (excludes halogenated alkanes) is 1. The standard InChI is InChI=1S/C14H25N5O/c1-5-6-8-19(4)14-16-10-12(11-17-14)13(20)15-7-9-18(2)3/h10-11H,5-9H2,1-4H3,(H,15,20). The van der Waals surface area contributed by atoms with Crippen LogP contribution in [0.1, 0.15) is 30.1 Å². The van der Waals surface area contributed by atoms with Crippen molar-refractivity contribution in [1.82, 2.24) is 20.2 Å². The highest BCUT2D eigenvalue weighted by Gasteiger charge is 2.08. The van der Waals surface area contributed by atoms with Crippen LogP contribution in [0.4, 0.5) is 5.95 Å². The molecule has 0 saturated heterocycles. The minimum atomic E-state index is -0.130. The van der Waals surface area contributed by atoms with Crippen LogP contribution in [-0.2, 0) is 0 Å². The molecule has 1 aromatic heterocycles. The summed E-state index contributed by atoms with van der Waals surface area (Å²) in [6.45, 7) is 4.50. The van der Waals surface area contributed by atoms with Crippen LogP contribution in [0.3, 0.4) is 0 Å². The van der Waals surface area contributed by atoms with Gasteiger partial charge in [0.25, 0.3) is 5.91 Å². The van der Waals surface area contributed by atoms with Gasteiger partial charge in [0.2, 0.25) is 5.95 Å². The van der Waals surface area contributed by atoms with E-state index in [2.05, 4.69) is 22.2 Å². The Balaban J connectivity index is 2.50. The van der Waals surface area contributed by atoms with Gasteiger partial charge in [-0.25, -0.2) is 9.97 Å². The fourth-order valence-corrected chi connectivity index (χ4v) is 1.63. The average Bonchev–Trinajstić information content (AvgIpc) is 2.44. The molecule has 0 bridgehead atoms. The monoisotopic (exact) mass is 279 g/mol. The summed E-state index contributed by atoms with van der Waals surface area (Å²) in [6.07, 6.45) is 5.40. The molecule has 1 amide bonds. The molecule has 6 nitrogen and oxygen atoms in total. The van der Waals surface area contributed by atoms with Gasteiger partial charge in [0.1, 0.15) is 0 Å². The highest BCUT2D eigenvalue weighted by atomic mass is 16.1. The zero-order valence-corrected chi connectivity index (χ0v) is 12.9. The summed E-state index contributed by atoms with van der Waals surface area (Å²) in [4.78, 5) is 24.3. The van der Waals surface area contributed by atoms with Crippen molar-refractivity contribution in [3.8, 4) is 0 Å². The Kier molecular flexibility index (Phi) is 6.93. The van der Waals surface area contributed by atoms with E-state index in [0.717, 1.165) is 25.9 Å². The van der Waals surface area contributed by atoms with Crippen LogP contribution in [0.15, 0.2) is 12.4 Å². The van der Waals surface area contributed by atoms with Gasteiger partial charge in [-0.2, -0.15) is 0 Å². The Bertz CT molecular complexity index is 405. The zero-order valence-electron chi connectivity index (χ0n) is 12.9. The summed E-state index contributed by atoms with van der Waals surface area (Å²) >= 11 is 0. The lowest BCUT2D eigenvalue weighted by molar-refractivity contribution is 0.0950. The molecular weight excluding hydrogens is 254 g/mol. The maximum absolute atomic E-state index is 11.9. The zero-order chi connectivity index (χ0) is 15.0. The molecule has 0 unspecified atom stereocenters. The van der Waals surface area contributed by atoms with Crippen molar-refractivity contribution in [3.05, 3.63) is 18.0 Å². The number of rotatable bonds is 8. The van der Waals surface area contributed by atoms with Gasteiger partial charge in [-0.15, -0.1) is 0 Å². The first-order chi connectivity index (χ1) is 9.54. The van der Waals surface area contributed by atoms with Gasteiger partial charge in [-0.3, -0.25) is 4.79 Å². The molecule has 0 fully saturated rings. The van der Waals surface area contributed by atoms with Gasteiger partial charge in [-0.1, -0.05) is 13.3 Å². The summed E-state index contributed by atoms with van der Waals surface area (Å²) in [7, 11) is 5.90. The van der Waals surface area contributed by atoms with Gasteiger partial charge < -0.3 is 15.1 Å². The molecule has 1 rings (SSSR count). The van der Waals surface area contributed by atoms with Crippen molar-refractivity contribution in [2.24, 2.45) is 0 Å². The second-order valence-corrected chi connectivity index (χ2v) is 5.11. The Morgan fingerprint density at radius 2 is 1.85 bits per heavy atom. The van der Waals surface area contributed by atoms with Crippen molar-refractivity contribution in [1.29, 1.82) is 0 Å². The van der Waals surface area contributed by atoms with Gasteiger partial charge in [0, 0.05) is 39.1 Å². The van der Waals surface area contributed by atoms with Gasteiger partial charge in [-0.05, 0) is 20.5 Å². The second-order valence-electron chi connectivity index (χ2n) is 5.11. The molecule has 0 atom stereocenters. The number of nitrogens with zero attached hydrogens (tertiary/aromatic N) is 4. The number of nitrogens with one attached hydrogen (secondary N) is 1. The lowest BCUT2D eigenvalue weighted by atomic mass is 10.3. The maximum Gasteiger partial charge on any atom is 0.254 e. The molecule has 0 aromatic carbocycles. The smallest absolute Gasteiger partial charge is 0.254 e. The minimum Gasteiger partial charge on any atom is -0.351 e. The molecule has 0 radical (unpaired) electrons. The molecule has 0 saturated carbocycles. The van der Waals surface area contributed by atoms with Crippen molar-refractivity contribution >= 4 is 11.9 Å². The van der Waals surface area contributed by atoms with Crippen LogP contribution >= 0.6 is 0 Å². The Morgan fingerprint density at radius 3 is 2.40 bits per heavy atom. The number of hydrogen-bond acceptors (Lipinski definition) is 5. The molecule has 1 heterocycles. The quantitative estimate of drug-likeness (QED) is 0.769. The van der Waals surface area contributed by atoms with Crippen LogP contribution in [0.2, 0.25) is 0 Å². The normalized spacial score (nSPS) is 10.7. The Hall–Kier alpha value is -1.69. The molecule has 0 aliphatic rings. The van der Waals surface area contributed by atoms with E-state index in [4.69, 9.17) is 0 Å². The number of hydrogen-bond donors (Lipinski definition) is 1. The van der Waals surface area contributed by atoms with Crippen LogP contribution in [-0.4, -0.2) is 61.6 Å². The maximum atomic E-state index is 11.9. The fraction of sp³-hybridized carbons (Fsp3) is 0.643. The minimum absolute atomic E-state index is 0.130. The third-order valence-electron chi connectivity index (χ3n) is 2.93. The lowest BCUT2D eigenvalue weighted by Gasteiger charge is -2.16. The summed E-state index contributed by atoms with van der Waals surface area (Å²) in [5.41, 5.74) is 0.497. The SMILES string of the molecule is CCCCN(C)c1ncc(C(=O)NCCN(C)C)cn1. The predicted octanol–water partition coefficient (Wildman–Crippen LogP) is 1.00. The summed E-state index contributed by atoms with van der Waals surface area (Å²) in [6, 6.07) is 0. The highest BCUT2D eigenvalue weighted by molar-refractivity contribution is 5.93. The van der Waals surface area contributed by atoms with E-state index >= 15 is 0 Å². The first-order valence-corrected chi connectivity index (χ1v) is 7.00. The number of likely N-dealkylation sites (N-methyl/N-ethyl adjacent to an activating group) is 1. The Labute approximate surface area is 121 Å². The first-order valence-electron chi connectivity index (χ1n) is 7.00. The van der Waals surface area contributed by atoms with E-state index in [1.165, 1.54) is 0 Å². The third-order valence-corrected chi connectivity index (χ3v) is 2.93. The number of carbonyl (C=O) groups excluding carboxylic acids is 1. The molecule has 20 heavy (non-hydrogen) atoms. The van der Waals surface area contributed by atoms with E-state index < -0.39 is 0 Å². The molecular formula is C14H25N5O. The second kappa shape index (κ2) is 8.47. The lowest BCUT2D eigenvalue weighted by Crippen LogP contribution is -2.31. The van der Waals surface area contributed by atoms with Gasteiger partial charge in [0.05, 0.1) is 5.56 Å². The number of anilines is 1. The number of aromatic nitrogens is 2. The topological polar surface area (TPSA) is 61.4 Å². The first kappa shape index (κ1) is 16.4. The number of amides is 1. The van der Waals surface area contributed by atoms with E-state index in [1.807, 2.05) is 30.9 Å². The van der Waals surface area contributed by atoms with Crippen molar-refractivity contribution in [2.75, 3.05) is 45.7 Å². The van der Waals surface area contributed by atoms with Crippen LogP contribution in [0.25, 0.3) is 0 Å². The van der Waals surface area contributed by atoms with E-state index in [9.17, 15) is 4.79 Å². The summed E-state index contributed by atoms with van der Waals surface area (Å²) in [5, 5.41) is 2.84. The largest absolute Gasteiger partial charge is 0.351 e. The molecule has 1 N–H and O–H groups in total. The van der Waals surface area contributed by atoms with Gasteiger partial charge >= 0.3 is 0 Å². The predicted molar refractivity (Wildman–Crippen MR) is 81.1 cm³/mol. The summed E-state index contributed by atoms with van der Waals surface area (Å²) in [5.74, 6) is 0.526. The molecule has 0 aliphatic heterocycles. The molecule has 112 valence electrons. The molecule has 0 spiro atoms. The summed E-state index contributed by atoms with van der Waals surface area (Å²) < 4.78 is 0. The van der Waals surface area contributed by atoms with Crippen LogP contribution < -0.4 is 10.2 Å².